The summed E-state index contributed by atoms with van der Waals surface area (Å²) in [6.45, 7) is 10.1. The first-order chi connectivity index (χ1) is 12.2. The van der Waals surface area contributed by atoms with E-state index in [2.05, 4.69) is 43.2 Å². The van der Waals surface area contributed by atoms with E-state index in [1.807, 2.05) is 18.2 Å². The van der Waals surface area contributed by atoms with E-state index in [0.29, 0.717) is 18.4 Å². The quantitative estimate of drug-likeness (QED) is 0.551. The molecule has 1 heterocycles. The summed E-state index contributed by atoms with van der Waals surface area (Å²) in [5.41, 5.74) is 1.21. The molecule has 0 spiro atoms. The number of ether oxygens (including phenoxy) is 2. The van der Waals surface area contributed by atoms with Crippen molar-refractivity contribution in [1.82, 2.24) is 10.2 Å². The van der Waals surface area contributed by atoms with Gasteiger partial charge in [-0.05, 0) is 24.8 Å². The van der Waals surface area contributed by atoms with Gasteiger partial charge in [0.1, 0.15) is 0 Å². The van der Waals surface area contributed by atoms with Gasteiger partial charge in [0.15, 0.2) is 5.96 Å². The van der Waals surface area contributed by atoms with Crippen LogP contribution in [0.4, 0.5) is 0 Å². The third kappa shape index (κ3) is 7.45. The van der Waals surface area contributed by atoms with Crippen molar-refractivity contribution in [1.29, 1.82) is 0 Å². The van der Waals surface area contributed by atoms with Crippen molar-refractivity contribution in [3.8, 4) is 0 Å². The maximum absolute atomic E-state index is 5.82. The van der Waals surface area contributed by atoms with Gasteiger partial charge in [-0.3, -0.25) is 4.99 Å². The van der Waals surface area contributed by atoms with Crippen molar-refractivity contribution in [3.05, 3.63) is 35.9 Å². The molecule has 2 unspecified atom stereocenters. The molecule has 5 heteroatoms. The number of nitrogens with zero attached hydrogens (tertiary/aromatic N) is 2. The van der Waals surface area contributed by atoms with Gasteiger partial charge in [0.05, 0.1) is 19.8 Å². The number of hydrogen-bond acceptors (Lipinski definition) is 3. The Bertz CT molecular complexity index is 501. The van der Waals surface area contributed by atoms with E-state index in [4.69, 9.17) is 14.5 Å². The number of rotatable bonds is 9. The molecule has 1 fully saturated rings. The van der Waals surface area contributed by atoms with Crippen molar-refractivity contribution in [2.24, 2.45) is 16.8 Å². The van der Waals surface area contributed by atoms with Gasteiger partial charge in [-0.2, -0.15) is 0 Å². The van der Waals surface area contributed by atoms with Gasteiger partial charge in [0.25, 0.3) is 0 Å². The molecule has 2 rings (SSSR count). The Labute approximate surface area is 152 Å². The molecule has 1 aliphatic rings. The van der Waals surface area contributed by atoms with E-state index in [1.165, 1.54) is 5.56 Å². The number of aliphatic imine (C=N–C) groups is 1. The fourth-order valence-electron chi connectivity index (χ4n) is 2.92. The molecule has 1 N–H and O–H groups in total. The predicted molar refractivity (Wildman–Crippen MR) is 103 cm³/mol. The third-order valence-electron chi connectivity index (χ3n) is 4.32. The lowest BCUT2D eigenvalue weighted by atomic mass is 10.1. The number of nitrogens with one attached hydrogen (secondary N) is 1. The van der Waals surface area contributed by atoms with Crippen LogP contribution in [0.1, 0.15) is 25.8 Å². The maximum atomic E-state index is 5.82. The van der Waals surface area contributed by atoms with Gasteiger partial charge >= 0.3 is 0 Å². The lowest BCUT2D eigenvalue weighted by Gasteiger charge is -2.25. The van der Waals surface area contributed by atoms with Crippen LogP contribution in [-0.4, -0.2) is 57.4 Å². The first-order valence-electron chi connectivity index (χ1n) is 9.38. The Balaban J connectivity index is 1.74. The second kappa shape index (κ2) is 11.1. The van der Waals surface area contributed by atoms with Gasteiger partial charge in [0, 0.05) is 39.2 Å². The van der Waals surface area contributed by atoms with Crippen molar-refractivity contribution in [3.63, 3.8) is 0 Å². The topological polar surface area (TPSA) is 46.1 Å². The van der Waals surface area contributed by atoms with Crippen molar-refractivity contribution >= 4 is 5.96 Å². The highest BCUT2D eigenvalue weighted by Gasteiger charge is 2.19. The van der Waals surface area contributed by atoms with Crippen LogP contribution in [0, 0.1) is 11.8 Å². The average molecular weight is 348 g/mol. The maximum Gasteiger partial charge on any atom is 0.193 e. The first kappa shape index (κ1) is 19.7. The Hall–Kier alpha value is -1.59. The molecule has 1 aromatic carbocycles. The van der Waals surface area contributed by atoms with E-state index in [9.17, 15) is 0 Å². The molecule has 5 nitrogen and oxygen atoms in total. The Kier molecular flexibility index (Phi) is 8.77. The minimum Gasteiger partial charge on any atom is -0.381 e. The summed E-state index contributed by atoms with van der Waals surface area (Å²) in [5.74, 6) is 1.98. The molecule has 1 aliphatic heterocycles. The highest BCUT2D eigenvalue weighted by atomic mass is 16.5. The molecule has 0 amide bonds. The summed E-state index contributed by atoms with van der Waals surface area (Å²) in [4.78, 5) is 7.01. The standard InChI is InChI=1S/C20H33N3O2/c1-4-21-20(23(3)13-19-10-11-24-16-19)22-12-17(2)14-25-15-18-8-6-5-7-9-18/h5-9,17,19H,4,10-16H2,1-3H3,(H,21,22). The van der Waals surface area contributed by atoms with Crippen molar-refractivity contribution < 1.29 is 9.47 Å². The molecule has 0 aromatic heterocycles. The minimum absolute atomic E-state index is 0.389. The summed E-state index contributed by atoms with van der Waals surface area (Å²) in [6.07, 6.45) is 1.15. The summed E-state index contributed by atoms with van der Waals surface area (Å²) < 4.78 is 11.3. The van der Waals surface area contributed by atoms with E-state index in [0.717, 1.165) is 51.8 Å². The highest BCUT2D eigenvalue weighted by molar-refractivity contribution is 5.79. The largest absolute Gasteiger partial charge is 0.381 e. The van der Waals surface area contributed by atoms with Gasteiger partial charge in [-0.15, -0.1) is 0 Å². The molecular weight excluding hydrogens is 314 g/mol. The predicted octanol–water partition coefficient (Wildman–Crippen LogP) is 2.77. The average Bonchev–Trinajstić information content (AvgIpc) is 3.12. The fourth-order valence-corrected chi connectivity index (χ4v) is 2.92. The van der Waals surface area contributed by atoms with Crippen LogP contribution in [-0.2, 0) is 16.1 Å². The summed E-state index contributed by atoms with van der Waals surface area (Å²) in [5, 5.41) is 3.39. The molecule has 2 atom stereocenters. The molecule has 0 radical (unpaired) electrons. The molecule has 0 bridgehead atoms. The van der Waals surface area contributed by atoms with Gasteiger partial charge in [0.2, 0.25) is 0 Å². The molecule has 1 saturated heterocycles. The lowest BCUT2D eigenvalue weighted by Crippen LogP contribution is -2.41. The third-order valence-corrected chi connectivity index (χ3v) is 4.32. The van der Waals surface area contributed by atoms with Crippen LogP contribution >= 0.6 is 0 Å². The number of hydrogen-bond donors (Lipinski definition) is 1. The fraction of sp³-hybridized carbons (Fsp3) is 0.650. The summed E-state index contributed by atoms with van der Waals surface area (Å²) in [7, 11) is 2.11. The Morgan fingerprint density at radius 2 is 2.20 bits per heavy atom. The van der Waals surface area contributed by atoms with Gasteiger partial charge in [-0.1, -0.05) is 37.3 Å². The first-order valence-corrected chi connectivity index (χ1v) is 9.38. The zero-order valence-corrected chi connectivity index (χ0v) is 15.9. The van der Waals surface area contributed by atoms with Crippen LogP contribution in [0.5, 0.6) is 0 Å². The van der Waals surface area contributed by atoms with Crippen LogP contribution in [0.2, 0.25) is 0 Å². The number of benzene rings is 1. The molecule has 140 valence electrons. The molecule has 1 aromatic rings. The van der Waals surface area contributed by atoms with Gasteiger partial charge < -0.3 is 19.7 Å². The smallest absolute Gasteiger partial charge is 0.193 e. The SMILES string of the molecule is CCNC(=NCC(C)COCc1ccccc1)N(C)CC1CCOC1. The van der Waals surface area contributed by atoms with E-state index < -0.39 is 0 Å². The van der Waals surface area contributed by atoms with Crippen molar-refractivity contribution in [2.75, 3.05) is 46.5 Å². The monoisotopic (exact) mass is 347 g/mol. The minimum atomic E-state index is 0.389. The Morgan fingerprint density at radius 1 is 1.40 bits per heavy atom. The van der Waals surface area contributed by atoms with Crippen LogP contribution in [0.3, 0.4) is 0 Å². The Morgan fingerprint density at radius 3 is 2.88 bits per heavy atom. The molecule has 0 saturated carbocycles. The van der Waals surface area contributed by atoms with Crippen LogP contribution in [0.25, 0.3) is 0 Å². The second-order valence-electron chi connectivity index (χ2n) is 6.91. The summed E-state index contributed by atoms with van der Waals surface area (Å²) in [6, 6.07) is 10.3. The summed E-state index contributed by atoms with van der Waals surface area (Å²) >= 11 is 0. The van der Waals surface area contributed by atoms with E-state index >= 15 is 0 Å². The normalized spacial score (nSPS) is 19.0. The van der Waals surface area contributed by atoms with Crippen LogP contribution < -0.4 is 5.32 Å². The molecule has 0 aliphatic carbocycles. The van der Waals surface area contributed by atoms with E-state index in [-0.39, 0.29) is 0 Å². The molecule has 25 heavy (non-hydrogen) atoms. The molecular formula is C20H33N3O2. The highest BCUT2D eigenvalue weighted by Crippen LogP contribution is 2.13. The van der Waals surface area contributed by atoms with Gasteiger partial charge in [-0.25, -0.2) is 0 Å². The number of guanidine groups is 1. The van der Waals surface area contributed by atoms with Crippen molar-refractivity contribution in [2.45, 2.75) is 26.9 Å². The van der Waals surface area contributed by atoms with E-state index in [1.54, 1.807) is 0 Å². The second-order valence-corrected chi connectivity index (χ2v) is 6.91. The lowest BCUT2D eigenvalue weighted by molar-refractivity contribution is 0.0944. The zero-order chi connectivity index (χ0) is 17.9. The zero-order valence-electron chi connectivity index (χ0n) is 15.9. The van der Waals surface area contributed by atoms with Crippen LogP contribution in [0.15, 0.2) is 35.3 Å².